The highest BCUT2D eigenvalue weighted by molar-refractivity contribution is 7.71. The van der Waals surface area contributed by atoms with Crippen molar-refractivity contribution in [1.82, 2.24) is 19.4 Å². The van der Waals surface area contributed by atoms with Gasteiger partial charge in [0, 0.05) is 45.7 Å². The van der Waals surface area contributed by atoms with Crippen LogP contribution in [-0.4, -0.2) is 64.6 Å². The molecule has 0 bridgehead atoms. The number of halogens is 1. The van der Waals surface area contributed by atoms with Gasteiger partial charge in [-0.05, 0) is 36.5 Å². The number of carbonyl (C=O) groups excluding carboxylic acids is 1. The first kappa shape index (κ1) is 22.5. The van der Waals surface area contributed by atoms with E-state index in [1.54, 1.807) is 12.1 Å². The summed E-state index contributed by atoms with van der Waals surface area (Å²) in [5, 5.41) is 1.18. The van der Waals surface area contributed by atoms with Crippen LogP contribution in [0.5, 0.6) is 5.75 Å². The van der Waals surface area contributed by atoms with Crippen molar-refractivity contribution in [2.45, 2.75) is 13.0 Å². The number of ether oxygens (including phenoxy) is 1. The molecule has 168 valence electrons. The van der Waals surface area contributed by atoms with Crippen LogP contribution < -0.4 is 10.3 Å². The van der Waals surface area contributed by atoms with Crippen LogP contribution in [-0.2, 0) is 11.3 Å². The number of aromatic nitrogens is 2. The summed E-state index contributed by atoms with van der Waals surface area (Å²) in [6.07, 6.45) is 0.241. The van der Waals surface area contributed by atoms with Gasteiger partial charge in [0.1, 0.15) is 12.4 Å². The molecule has 0 unspecified atom stereocenters. The minimum Gasteiger partial charge on any atom is -0.491 e. The topological polar surface area (TPSA) is 70.6 Å². The summed E-state index contributed by atoms with van der Waals surface area (Å²) in [5.41, 5.74) is 0.542. The number of aromatic amines is 1. The van der Waals surface area contributed by atoms with Crippen molar-refractivity contribution in [3.05, 3.63) is 68.7 Å². The molecule has 0 radical (unpaired) electrons. The Bertz CT molecular complexity index is 1220. The third-order valence-corrected chi connectivity index (χ3v) is 6.30. The molecule has 1 fully saturated rings. The average Bonchev–Trinajstić information content (AvgIpc) is 2.80. The van der Waals surface area contributed by atoms with Crippen molar-refractivity contribution < 1.29 is 9.53 Å². The van der Waals surface area contributed by atoms with Gasteiger partial charge in [-0.3, -0.25) is 19.1 Å². The fourth-order valence-corrected chi connectivity index (χ4v) is 4.31. The van der Waals surface area contributed by atoms with Crippen LogP contribution in [0.4, 0.5) is 0 Å². The van der Waals surface area contributed by atoms with Crippen LogP contribution in [0, 0.1) is 4.77 Å². The largest absolute Gasteiger partial charge is 0.491 e. The molecular formula is C23H25ClN4O3S. The Hall–Kier alpha value is -2.68. The van der Waals surface area contributed by atoms with Crippen LogP contribution in [0.1, 0.15) is 6.42 Å². The molecule has 3 aromatic rings. The molecular weight excluding hydrogens is 448 g/mol. The van der Waals surface area contributed by atoms with E-state index in [2.05, 4.69) is 9.88 Å². The molecule has 1 amide bonds. The van der Waals surface area contributed by atoms with Crippen LogP contribution in [0.2, 0.25) is 5.02 Å². The molecule has 1 aliphatic heterocycles. The maximum absolute atomic E-state index is 12.7. The fourth-order valence-electron chi connectivity index (χ4n) is 3.83. The lowest BCUT2D eigenvalue weighted by Gasteiger charge is -2.34. The SMILES string of the molecule is O=C(CCn1c(=S)[nH]c2ccccc2c1=O)N1CCN(CCOc2ccccc2Cl)CC1. The van der Waals surface area contributed by atoms with E-state index in [0.29, 0.717) is 46.1 Å². The molecule has 0 spiro atoms. The van der Waals surface area contributed by atoms with E-state index in [9.17, 15) is 9.59 Å². The van der Waals surface area contributed by atoms with Gasteiger partial charge in [-0.15, -0.1) is 0 Å². The Morgan fingerprint density at radius 2 is 1.75 bits per heavy atom. The monoisotopic (exact) mass is 472 g/mol. The van der Waals surface area contributed by atoms with Crippen molar-refractivity contribution >= 4 is 40.6 Å². The number of benzene rings is 2. The van der Waals surface area contributed by atoms with E-state index in [1.807, 2.05) is 41.3 Å². The maximum atomic E-state index is 12.7. The van der Waals surface area contributed by atoms with E-state index in [0.717, 1.165) is 19.6 Å². The molecule has 0 aliphatic carbocycles. The number of hydrogen-bond acceptors (Lipinski definition) is 5. The lowest BCUT2D eigenvalue weighted by Crippen LogP contribution is -2.49. The first-order valence-corrected chi connectivity index (χ1v) is 11.4. The third-order valence-electron chi connectivity index (χ3n) is 5.67. The molecule has 0 saturated carbocycles. The molecule has 1 saturated heterocycles. The number of rotatable bonds is 7. The number of carbonyl (C=O) groups is 1. The van der Waals surface area contributed by atoms with Gasteiger partial charge in [0.15, 0.2) is 4.77 Å². The average molecular weight is 473 g/mol. The summed E-state index contributed by atoms with van der Waals surface area (Å²) >= 11 is 11.4. The second-order valence-corrected chi connectivity index (χ2v) is 8.48. The zero-order valence-electron chi connectivity index (χ0n) is 17.6. The van der Waals surface area contributed by atoms with Gasteiger partial charge in [-0.25, -0.2) is 0 Å². The van der Waals surface area contributed by atoms with Crippen molar-refractivity contribution in [3.8, 4) is 5.75 Å². The first-order chi connectivity index (χ1) is 15.5. The molecule has 0 atom stereocenters. The van der Waals surface area contributed by atoms with Crippen LogP contribution >= 0.6 is 23.8 Å². The Labute approximate surface area is 196 Å². The molecule has 1 aromatic heterocycles. The molecule has 2 heterocycles. The molecule has 1 aliphatic rings. The number of H-pyrrole nitrogens is 1. The Kier molecular flexibility index (Phi) is 7.24. The normalized spacial score (nSPS) is 14.6. The van der Waals surface area contributed by atoms with Gasteiger partial charge in [-0.1, -0.05) is 35.9 Å². The number of piperazine rings is 1. The van der Waals surface area contributed by atoms with E-state index >= 15 is 0 Å². The summed E-state index contributed by atoms with van der Waals surface area (Å²) in [6.45, 7) is 4.47. The zero-order valence-corrected chi connectivity index (χ0v) is 19.2. The van der Waals surface area contributed by atoms with Crippen LogP contribution in [0.3, 0.4) is 0 Å². The second kappa shape index (κ2) is 10.3. The van der Waals surface area contributed by atoms with Gasteiger partial charge in [0.05, 0.1) is 15.9 Å². The molecule has 9 heteroatoms. The van der Waals surface area contributed by atoms with Crippen LogP contribution in [0.15, 0.2) is 53.3 Å². The predicted octanol–water partition coefficient (Wildman–Crippen LogP) is 3.33. The molecule has 1 N–H and O–H groups in total. The van der Waals surface area contributed by atoms with Gasteiger partial charge >= 0.3 is 0 Å². The number of nitrogens with one attached hydrogen (secondary N) is 1. The first-order valence-electron chi connectivity index (χ1n) is 10.6. The van der Waals surface area contributed by atoms with E-state index in [4.69, 9.17) is 28.6 Å². The summed E-state index contributed by atoms with van der Waals surface area (Å²) in [7, 11) is 0. The molecule has 4 rings (SSSR count). The highest BCUT2D eigenvalue weighted by atomic mass is 35.5. The van der Waals surface area contributed by atoms with Gasteiger partial charge in [0.25, 0.3) is 5.56 Å². The van der Waals surface area contributed by atoms with Gasteiger partial charge < -0.3 is 14.6 Å². The Morgan fingerprint density at radius 3 is 2.53 bits per heavy atom. The van der Waals surface area contributed by atoms with Crippen molar-refractivity contribution in [2.24, 2.45) is 0 Å². The summed E-state index contributed by atoms with van der Waals surface area (Å²) in [4.78, 5) is 32.6. The number of amides is 1. The molecule has 32 heavy (non-hydrogen) atoms. The highest BCUT2D eigenvalue weighted by Crippen LogP contribution is 2.22. The molecule has 2 aromatic carbocycles. The lowest BCUT2D eigenvalue weighted by atomic mass is 10.2. The Morgan fingerprint density at radius 1 is 1.03 bits per heavy atom. The minimum absolute atomic E-state index is 0.0337. The summed E-state index contributed by atoms with van der Waals surface area (Å²) < 4.78 is 7.56. The Balaban J connectivity index is 1.25. The number of fused-ring (bicyclic) bond motifs is 1. The quantitative estimate of drug-likeness (QED) is 0.534. The van der Waals surface area contributed by atoms with Crippen molar-refractivity contribution in [3.63, 3.8) is 0 Å². The smallest absolute Gasteiger partial charge is 0.262 e. The van der Waals surface area contributed by atoms with Crippen LogP contribution in [0.25, 0.3) is 10.9 Å². The molecule has 7 nitrogen and oxygen atoms in total. The number of para-hydroxylation sites is 2. The van der Waals surface area contributed by atoms with E-state index < -0.39 is 0 Å². The second-order valence-electron chi connectivity index (χ2n) is 7.68. The van der Waals surface area contributed by atoms with Gasteiger partial charge in [0.2, 0.25) is 5.91 Å². The standard InChI is InChI=1S/C23H25ClN4O3S/c24-18-6-2-4-8-20(18)31-16-15-26-11-13-27(14-12-26)21(29)9-10-28-22(30)17-5-1-3-7-19(17)25-23(28)32/h1-8H,9-16H2,(H,25,32). The van der Waals surface area contributed by atoms with E-state index in [-0.39, 0.29) is 24.4 Å². The predicted molar refractivity (Wildman–Crippen MR) is 128 cm³/mol. The van der Waals surface area contributed by atoms with E-state index in [1.165, 1.54) is 4.57 Å². The highest BCUT2D eigenvalue weighted by Gasteiger charge is 2.21. The summed E-state index contributed by atoms with van der Waals surface area (Å²) in [6, 6.07) is 14.7. The number of nitrogens with zero attached hydrogens (tertiary/aromatic N) is 3. The van der Waals surface area contributed by atoms with Gasteiger partial charge in [-0.2, -0.15) is 0 Å². The lowest BCUT2D eigenvalue weighted by molar-refractivity contribution is -0.133. The maximum Gasteiger partial charge on any atom is 0.262 e. The number of hydrogen-bond donors (Lipinski definition) is 1. The van der Waals surface area contributed by atoms with Crippen molar-refractivity contribution in [2.75, 3.05) is 39.3 Å². The fraction of sp³-hybridized carbons (Fsp3) is 0.348. The minimum atomic E-state index is -0.166. The third kappa shape index (κ3) is 5.20. The summed E-state index contributed by atoms with van der Waals surface area (Å²) in [5.74, 6) is 0.719. The van der Waals surface area contributed by atoms with Crippen molar-refractivity contribution in [1.29, 1.82) is 0 Å². The zero-order chi connectivity index (χ0) is 22.5.